The van der Waals surface area contributed by atoms with E-state index in [0.717, 1.165) is 0 Å². The lowest BCUT2D eigenvalue weighted by atomic mass is 10.1. The fourth-order valence-electron chi connectivity index (χ4n) is 2.24. The van der Waals surface area contributed by atoms with E-state index < -0.39 is 17.7 Å². The number of aliphatic hydroxyl groups is 1. The fraction of sp³-hybridized carbons (Fsp3) is 0.125. The van der Waals surface area contributed by atoms with Crippen molar-refractivity contribution in [2.24, 2.45) is 0 Å². The van der Waals surface area contributed by atoms with Gasteiger partial charge in [-0.05, 0) is 18.2 Å². The van der Waals surface area contributed by atoms with Crippen LogP contribution in [0.3, 0.4) is 0 Å². The summed E-state index contributed by atoms with van der Waals surface area (Å²) in [7, 11) is 0. The van der Waals surface area contributed by atoms with Crippen LogP contribution < -0.4 is 0 Å². The average molecular weight is 301 g/mol. The number of hydrogen-bond donors (Lipinski definition) is 1. The van der Waals surface area contributed by atoms with E-state index in [1.165, 1.54) is 35.2 Å². The van der Waals surface area contributed by atoms with Gasteiger partial charge in [0.15, 0.2) is 0 Å². The number of imidazole rings is 1. The molecule has 0 saturated heterocycles. The van der Waals surface area contributed by atoms with Crippen molar-refractivity contribution in [1.29, 1.82) is 0 Å². The Labute approximate surface area is 125 Å². The van der Waals surface area contributed by atoms with Crippen molar-refractivity contribution in [3.05, 3.63) is 83.7 Å². The molecule has 0 bridgehead atoms. The highest BCUT2D eigenvalue weighted by atomic mass is 19.1. The van der Waals surface area contributed by atoms with Gasteiger partial charge in [0.1, 0.15) is 23.6 Å². The van der Waals surface area contributed by atoms with E-state index in [1.807, 2.05) is 0 Å². The minimum atomic E-state index is -1.02. The molecule has 0 saturated carbocycles. The lowest BCUT2D eigenvalue weighted by Gasteiger charge is -2.14. The summed E-state index contributed by atoms with van der Waals surface area (Å²) >= 11 is 0. The van der Waals surface area contributed by atoms with Gasteiger partial charge in [-0.3, -0.25) is 4.98 Å². The third-order valence-corrected chi connectivity index (χ3v) is 3.38. The molecule has 22 heavy (non-hydrogen) atoms. The molecule has 6 heteroatoms. The summed E-state index contributed by atoms with van der Waals surface area (Å²) in [4.78, 5) is 8.03. The maximum atomic E-state index is 13.8. The van der Waals surface area contributed by atoms with Gasteiger partial charge in [0.2, 0.25) is 0 Å². The molecule has 112 valence electrons. The van der Waals surface area contributed by atoms with Crippen LogP contribution in [0.25, 0.3) is 0 Å². The van der Waals surface area contributed by atoms with Crippen molar-refractivity contribution in [2.45, 2.75) is 12.6 Å². The second kappa shape index (κ2) is 6.03. The quantitative estimate of drug-likeness (QED) is 0.806. The highest BCUT2D eigenvalue weighted by molar-refractivity contribution is 5.23. The Morgan fingerprint density at radius 3 is 2.55 bits per heavy atom. The number of benzene rings is 1. The Morgan fingerprint density at radius 2 is 1.86 bits per heavy atom. The number of pyridine rings is 1. The topological polar surface area (TPSA) is 50.9 Å². The molecule has 4 nitrogen and oxygen atoms in total. The van der Waals surface area contributed by atoms with Gasteiger partial charge in [0.25, 0.3) is 0 Å². The van der Waals surface area contributed by atoms with Crippen LogP contribution in [-0.4, -0.2) is 19.6 Å². The van der Waals surface area contributed by atoms with Crippen LogP contribution in [0, 0.1) is 11.6 Å². The molecule has 0 fully saturated rings. The Bertz CT molecular complexity index is 754. The summed E-state index contributed by atoms with van der Waals surface area (Å²) < 4.78 is 29.0. The second-order valence-electron chi connectivity index (χ2n) is 4.80. The molecule has 0 spiro atoms. The number of halogens is 2. The van der Waals surface area contributed by atoms with Crippen LogP contribution >= 0.6 is 0 Å². The van der Waals surface area contributed by atoms with E-state index in [-0.39, 0.29) is 12.1 Å². The third-order valence-electron chi connectivity index (χ3n) is 3.38. The van der Waals surface area contributed by atoms with Crippen molar-refractivity contribution < 1.29 is 13.9 Å². The molecule has 0 aliphatic rings. The third kappa shape index (κ3) is 2.73. The van der Waals surface area contributed by atoms with Crippen LogP contribution in [-0.2, 0) is 6.54 Å². The number of nitrogens with zero attached hydrogens (tertiary/aromatic N) is 3. The number of rotatable bonds is 4. The molecule has 2 aromatic heterocycles. The SMILES string of the molecule is O[C@H](c1cccnc1)c1nccn1Cc1c(F)cccc1F. The van der Waals surface area contributed by atoms with Gasteiger partial charge >= 0.3 is 0 Å². The second-order valence-corrected chi connectivity index (χ2v) is 4.80. The first kappa shape index (κ1) is 14.3. The van der Waals surface area contributed by atoms with E-state index in [4.69, 9.17) is 0 Å². The summed E-state index contributed by atoms with van der Waals surface area (Å²) in [6.07, 6.45) is 5.15. The molecular formula is C16H13F2N3O. The normalized spacial score (nSPS) is 12.3. The number of aromatic nitrogens is 3. The fourth-order valence-corrected chi connectivity index (χ4v) is 2.24. The summed E-state index contributed by atoms with van der Waals surface area (Å²) in [5.74, 6) is -0.957. The summed E-state index contributed by atoms with van der Waals surface area (Å²) in [5, 5.41) is 10.4. The zero-order valence-electron chi connectivity index (χ0n) is 11.5. The van der Waals surface area contributed by atoms with Crippen LogP contribution in [0.2, 0.25) is 0 Å². The molecular weight excluding hydrogens is 288 g/mol. The van der Waals surface area contributed by atoms with Crippen LogP contribution in [0.1, 0.15) is 23.1 Å². The lowest BCUT2D eigenvalue weighted by Crippen LogP contribution is -2.12. The van der Waals surface area contributed by atoms with Crippen molar-refractivity contribution in [3.63, 3.8) is 0 Å². The zero-order chi connectivity index (χ0) is 15.5. The Morgan fingerprint density at radius 1 is 1.09 bits per heavy atom. The molecule has 0 aliphatic heterocycles. The minimum absolute atomic E-state index is 0.0504. The van der Waals surface area contributed by atoms with Crippen LogP contribution in [0.5, 0.6) is 0 Å². The van der Waals surface area contributed by atoms with Gasteiger partial charge in [0.05, 0.1) is 6.54 Å². The average Bonchev–Trinajstić information content (AvgIpc) is 2.99. The molecule has 0 amide bonds. The molecule has 1 N–H and O–H groups in total. The standard InChI is InChI=1S/C16H13F2N3O/c17-13-4-1-5-14(18)12(13)10-21-8-7-20-16(21)15(22)11-3-2-6-19-9-11/h1-9,15,22H,10H2/t15-/m1/s1. The van der Waals surface area contributed by atoms with Crippen molar-refractivity contribution in [3.8, 4) is 0 Å². The van der Waals surface area contributed by atoms with Gasteiger partial charge < -0.3 is 9.67 Å². The Hall–Kier alpha value is -2.60. The zero-order valence-corrected chi connectivity index (χ0v) is 11.5. The van der Waals surface area contributed by atoms with E-state index in [1.54, 1.807) is 24.5 Å². The smallest absolute Gasteiger partial charge is 0.142 e. The molecule has 3 aromatic rings. The first-order valence-corrected chi connectivity index (χ1v) is 6.68. The molecule has 1 atom stereocenters. The lowest BCUT2D eigenvalue weighted by molar-refractivity contribution is 0.204. The van der Waals surface area contributed by atoms with Gasteiger partial charge in [-0.2, -0.15) is 0 Å². The van der Waals surface area contributed by atoms with Crippen molar-refractivity contribution in [1.82, 2.24) is 14.5 Å². The first-order chi connectivity index (χ1) is 10.7. The van der Waals surface area contributed by atoms with Gasteiger partial charge in [-0.25, -0.2) is 13.8 Å². The monoisotopic (exact) mass is 301 g/mol. The maximum Gasteiger partial charge on any atom is 0.142 e. The number of aliphatic hydroxyl groups excluding tert-OH is 1. The van der Waals surface area contributed by atoms with Crippen LogP contribution in [0.4, 0.5) is 8.78 Å². The molecule has 0 unspecified atom stereocenters. The first-order valence-electron chi connectivity index (χ1n) is 6.68. The molecule has 2 heterocycles. The summed E-state index contributed by atoms with van der Waals surface area (Å²) in [5.41, 5.74) is 0.490. The largest absolute Gasteiger partial charge is 0.380 e. The van der Waals surface area contributed by atoms with E-state index >= 15 is 0 Å². The maximum absolute atomic E-state index is 13.8. The van der Waals surface area contributed by atoms with Crippen LogP contribution in [0.15, 0.2) is 55.1 Å². The number of hydrogen-bond acceptors (Lipinski definition) is 3. The molecule has 1 aromatic carbocycles. The van der Waals surface area contributed by atoms with Gasteiger partial charge in [-0.1, -0.05) is 12.1 Å². The summed E-state index contributed by atoms with van der Waals surface area (Å²) in [6, 6.07) is 7.12. The van der Waals surface area contributed by atoms with Gasteiger partial charge in [-0.15, -0.1) is 0 Å². The van der Waals surface area contributed by atoms with Crippen molar-refractivity contribution >= 4 is 0 Å². The highest BCUT2D eigenvalue weighted by Crippen LogP contribution is 2.21. The Balaban J connectivity index is 1.93. The predicted octanol–water partition coefficient (Wildman–Crippen LogP) is 2.69. The van der Waals surface area contributed by atoms with E-state index in [2.05, 4.69) is 9.97 Å². The molecule has 0 aliphatic carbocycles. The predicted molar refractivity (Wildman–Crippen MR) is 76.0 cm³/mol. The van der Waals surface area contributed by atoms with E-state index in [0.29, 0.717) is 11.4 Å². The van der Waals surface area contributed by atoms with Gasteiger partial charge in [0, 0.05) is 35.9 Å². The van der Waals surface area contributed by atoms with Crippen molar-refractivity contribution in [2.75, 3.05) is 0 Å². The molecule has 3 rings (SSSR count). The highest BCUT2D eigenvalue weighted by Gasteiger charge is 2.18. The summed E-state index contributed by atoms with van der Waals surface area (Å²) in [6.45, 7) is -0.0504. The Kier molecular flexibility index (Phi) is 3.93. The minimum Gasteiger partial charge on any atom is -0.380 e. The molecule has 0 radical (unpaired) electrons. The van der Waals surface area contributed by atoms with E-state index in [9.17, 15) is 13.9 Å².